The van der Waals surface area contributed by atoms with E-state index in [1.807, 2.05) is 11.8 Å². The summed E-state index contributed by atoms with van der Waals surface area (Å²) in [5.41, 5.74) is 9.79. The maximum absolute atomic E-state index is 7.16. The second kappa shape index (κ2) is 15.3. The van der Waals surface area contributed by atoms with E-state index in [0.29, 0.717) is 0 Å². The Balaban J connectivity index is 1.21. The van der Waals surface area contributed by atoms with E-state index in [1.54, 1.807) is 0 Å². The Morgan fingerprint density at radius 2 is 1.12 bits per heavy atom. The molecule has 0 nitrogen and oxygen atoms in total. The highest BCUT2D eigenvalue weighted by Gasteiger charge is 2.18. The Morgan fingerprint density at radius 3 is 1.71 bits per heavy atom. The highest BCUT2D eigenvalue weighted by molar-refractivity contribution is 8.23. The largest absolute Gasteiger partial charge is 0.149 e. The quantitative estimate of drug-likeness (QED) is 0.176. The van der Waals surface area contributed by atoms with Crippen LogP contribution in [0.2, 0.25) is 0 Å². The van der Waals surface area contributed by atoms with Gasteiger partial charge in [-0.15, -0.1) is 10.5 Å². The van der Waals surface area contributed by atoms with Crippen LogP contribution < -0.4 is 0 Å². The van der Waals surface area contributed by atoms with Crippen LogP contribution in [0.15, 0.2) is 197 Å². The molecule has 1 aliphatic carbocycles. The van der Waals surface area contributed by atoms with Gasteiger partial charge in [0.2, 0.25) is 0 Å². The monoisotopic (exact) mass is 676 g/mol. The predicted octanol–water partition coefficient (Wildman–Crippen LogP) is 13.0. The highest BCUT2D eigenvalue weighted by atomic mass is 35.5. The molecule has 7 rings (SSSR count). The van der Waals surface area contributed by atoms with Crippen LogP contribution in [0.4, 0.5) is 0 Å². The SMILES string of the molecule is CS1=C(c2ccccc2)C=C(/C=C/C2=C(Cl)C(=C/C=C3C=C(c4ccccc4)SC(c4ccccc4)=C3)/CCC2)C=C1c1ccccc1. The minimum atomic E-state index is -0.0418. The van der Waals surface area contributed by atoms with Crippen molar-refractivity contribution in [1.29, 1.82) is 0 Å². The Hall–Kier alpha value is -4.34. The number of rotatable bonds is 7. The number of hydrogen-bond acceptors (Lipinski definition) is 1. The number of allylic oxidation sites excluding steroid dienone is 13. The van der Waals surface area contributed by atoms with Crippen molar-refractivity contribution in [2.75, 3.05) is 6.26 Å². The predicted molar refractivity (Wildman–Crippen MR) is 215 cm³/mol. The van der Waals surface area contributed by atoms with Gasteiger partial charge in [-0.2, -0.15) is 0 Å². The molecule has 2 aliphatic heterocycles. The zero-order chi connectivity index (χ0) is 32.7. The van der Waals surface area contributed by atoms with E-state index < -0.39 is 0 Å². The first-order chi connectivity index (χ1) is 23.6. The summed E-state index contributed by atoms with van der Waals surface area (Å²) in [6, 6.07) is 42.9. The molecule has 236 valence electrons. The van der Waals surface area contributed by atoms with Crippen molar-refractivity contribution >= 4 is 53.4 Å². The molecule has 0 saturated heterocycles. The molecule has 1 unspecified atom stereocenters. The molecule has 4 aromatic carbocycles. The van der Waals surface area contributed by atoms with Gasteiger partial charge in [-0.25, -0.2) is 0 Å². The average molecular weight is 677 g/mol. The third-order valence-electron chi connectivity index (χ3n) is 8.71. The van der Waals surface area contributed by atoms with Crippen LogP contribution in [0, 0.1) is 0 Å². The van der Waals surface area contributed by atoms with Crippen molar-refractivity contribution in [2.45, 2.75) is 19.3 Å². The van der Waals surface area contributed by atoms with Gasteiger partial charge in [0.05, 0.1) is 0 Å². The maximum atomic E-state index is 7.16. The standard InChI is InChI=1S/C45H37ClS2/c1-48-43(37-19-10-4-11-20-37)31-34(32-44(48)38-21-12-5-13-22-38)26-28-40-24-14-23-39(45(40)46)27-25-33-29-41(35-15-6-2-7-16-35)47-42(30-33)36-17-8-3-9-18-36/h2-13,15-22,25-32H,14,23-24H2,1H3/b28-26+,39-27+. The van der Waals surface area contributed by atoms with Gasteiger partial charge in [0.25, 0.3) is 0 Å². The lowest BCUT2D eigenvalue weighted by Crippen LogP contribution is -2.03. The fraction of sp³-hybridized carbons (Fsp3) is 0.0889. The molecule has 48 heavy (non-hydrogen) atoms. The Morgan fingerprint density at radius 1 is 0.583 bits per heavy atom. The van der Waals surface area contributed by atoms with Crippen LogP contribution in [0.25, 0.3) is 14.7 Å². The molecule has 0 fully saturated rings. The van der Waals surface area contributed by atoms with Crippen molar-refractivity contribution in [2.24, 2.45) is 0 Å². The minimum Gasteiger partial charge on any atom is -0.149 e. The van der Waals surface area contributed by atoms with Crippen molar-refractivity contribution in [3.8, 4) is 0 Å². The number of hydrogen-bond donors (Lipinski definition) is 0. The van der Waals surface area contributed by atoms with E-state index in [4.69, 9.17) is 11.6 Å². The van der Waals surface area contributed by atoms with E-state index in [-0.39, 0.29) is 10.5 Å². The smallest absolute Gasteiger partial charge is 0.0469 e. The summed E-state index contributed by atoms with van der Waals surface area (Å²) in [4.78, 5) is 5.23. The molecule has 2 heterocycles. The second-order valence-corrected chi connectivity index (χ2v) is 15.4. The van der Waals surface area contributed by atoms with Gasteiger partial charge in [-0.05, 0) is 94.4 Å². The van der Waals surface area contributed by atoms with Gasteiger partial charge in [0.1, 0.15) is 0 Å². The van der Waals surface area contributed by atoms with Crippen molar-refractivity contribution in [3.05, 3.63) is 220 Å². The zero-order valence-corrected chi connectivity index (χ0v) is 29.4. The molecule has 0 amide bonds. The maximum Gasteiger partial charge on any atom is 0.0469 e. The normalized spacial score (nSPS) is 19.2. The molecule has 3 heteroatoms. The molecule has 0 radical (unpaired) electrons. The summed E-state index contributed by atoms with van der Waals surface area (Å²) in [6.07, 6.45) is 23.6. The van der Waals surface area contributed by atoms with Crippen LogP contribution in [0.1, 0.15) is 41.5 Å². The fourth-order valence-electron chi connectivity index (χ4n) is 6.17. The molecule has 0 spiro atoms. The zero-order valence-electron chi connectivity index (χ0n) is 27.0. The molecule has 1 atom stereocenters. The van der Waals surface area contributed by atoms with Crippen LogP contribution in [0.5, 0.6) is 0 Å². The number of benzene rings is 4. The third kappa shape index (κ3) is 7.53. The Kier molecular flexibility index (Phi) is 10.2. The molecule has 3 aliphatic rings. The molecule has 4 aromatic rings. The van der Waals surface area contributed by atoms with Gasteiger partial charge >= 0.3 is 0 Å². The van der Waals surface area contributed by atoms with Gasteiger partial charge < -0.3 is 0 Å². The lowest BCUT2D eigenvalue weighted by atomic mass is 9.93. The van der Waals surface area contributed by atoms with Gasteiger partial charge in [0, 0.05) is 24.6 Å². The lowest BCUT2D eigenvalue weighted by molar-refractivity contribution is 0.792. The second-order valence-electron chi connectivity index (χ2n) is 12.0. The van der Waals surface area contributed by atoms with E-state index in [2.05, 4.69) is 176 Å². The van der Waals surface area contributed by atoms with E-state index in [0.717, 1.165) is 24.3 Å². The number of thioether (sulfide) groups is 1. The summed E-state index contributed by atoms with van der Waals surface area (Å²) < 4.78 is 0. The first kappa shape index (κ1) is 32.2. The van der Waals surface area contributed by atoms with Crippen LogP contribution in [-0.4, -0.2) is 11.1 Å². The van der Waals surface area contributed by atoms with Gasteiger partial charge in [-0.3, -0.25) is 0 Å². The Bertz CT molecular complexity index is 2030. The van der Waals surface area contributed by atoms with E-state index in [1.165, 1.54) is 64.1 Å². The summed E-state index contributed by atoms with van der Waals surface area (Å²) >= 11 is 8.99. The van der Waals surface area contributed by atoms with Crippen LogP contribution >= 0.6 is 33.8 Å². The molecule has 0 saturated carbocycles. The lowest BCUT2D eigenvalue weighted by Gasteiger charge is -2.20. The molecular formula is C45H37ClS2. The summed E-state index contributed by atoms with van der Waals surface area (Å²) in [5.74, 6) is 0. The topological polar surface area (TPSA) is 0 Å². The van der Waals surface area contributed by atoms with E-state index in [9.17, 15) is 0 Å². The summed E-state index contributed by atoms with van der Waals surface area (Å²) in [7, 11) is -0.0418. The first-order valence-electron chi connectivity index (χ1n) is 16.4. The molecule has 0 N–H and O–H groups in total. The number of halogens is 1. The molecular weight excluding hydrogens is 640 g/mol. The van der Waals surface area contributed by atoms with Crippen molar-refractivity contribution in [1.82, 2.24) is 0 Å². The Labute approximate surface area is 296 Å². The molecule has 0 aromatic heterocycles. The van der Waals surface area contributed by atoms with E-state index >= 15 is 0 Å². The third-order valence-corrected chi connectivity index (χ3v) is 12.4. The van der Waals surface area contributed by atoms with Gasteiger partial charge in [-0.1, -0.05) is 169 Å². The highest BCUT2D eigenvalue weighted by Crippen LogP contribution is 2.44. The summed E-state index contributed by atoms with van der Waals surface area (Å²) in [5, 5.41) is 0.880. The first-order valence-corrected chi connectivity index (χ1v) is 19.2. The molecule has 0 bridgehead atoms. The average Bonchev–Trinajstić information content (AvgIpc) is 3.15. The van der Waals surface area contributed by atoms with Crippen LogP contribution in [0.3, 0.4) is 0 Å². The van der Waals surface area contributed by atoms with Crippen molar-refractivity contribution < 1.29 is 0 Å². The van der Waals surface area contributed by atoms with Crippen LogP contribution in [-0.2, 0) is 0 Å². The van der Waals surface area contributed by atoms with Gasteiger partial charge in [0.15, 0.2) is 0 Å². The minimum absolute atomic E-state index is 0.0418. The van der Waals surface area contributed by atoms with Crippen molar-refractivity contribution in [3.63, 3.8) is 0 Å². The summed E-state index contributed by atoms with van der Waals surface area (Å²) in [6.45, 7) is 0. The fourth-order valence-corrected chi connectivity index (χ4v) is 9.46.